The van der Waals surface area contributed by atoms with E-state index in [9.17, 15) is 4.79 Å². The Morgan fingerprint density at radius 1 is 1.33 bits per heavy atom. The summed E-state index contributed by atoms with van der Waals surface area (Å²) in [4.78, 5) is 22.2. The van der Waals surface area contributed by atoms with Crippen molar-refractivity contribution in [2.45, 2.75) is 18.4 Å². The minimum atomic E-state index is -0.149. The van der Waals surface area contributed by atoms with Crippen molar-refractivity contribution < 1.29 is 0 Å². The fourth-order valence-electron chi connectivity index (χ4n) is 2.39. The number of hydrogen-bond acceptors (Lipinski definition) is 5. The average molecular weight is 401 g/mol. The summed E-state index contributed by atoms with van der Waals surface area (Å²) in [5, 5.41) is 9.59. The van der Waals surface area contributed by atoms with Crippen LogP contribution in [0, 0.1) is 11.3 Å². The zero-order valence-electron chi connectivity index (χ0n) is 12.9. The zero-order valence-corrected chi connectivity index (χ0v) is 15.3. The first-order chi connectivity index (χ1) is 11.6. The van der Waals surface area contributed by atoms with Crippen molar-refractivity contribution in [1.29, 1.82) is 5.26 Å². The number of fused-ring (bicyclic) bond motifs is 1. The molecule has 2 heterocycles. The monoisotopic (exact) mass is 400 g/mol. The lowest BCUT2D eigenvalue weighted by atomic mass is 10.1. The summed E-state index contributed by atoms with van der Waals surface area (Å²) in [6.45, 7) is 2.44. The van der Waals surface area contributed by atoms with Crippen LogP contribution in [0.15, 0.2) is 51.0 Å². The van der Waals surface area contributed by atoms with Crippen molar-refractivity contribution in [3.63, 3.8) is 0 Å². The van der Waals surface area contributed by atoms with E-state index in [1.54, 1.807) is 34.7 Å². The second-order valence-corrected chi connectivity index (χ2v) is 7.29. The molecule has 3 aromatic rings. The van der Waals surface area contributed by atoms with Crippen molar-refractivity contribution in [1.82, 2.24) is 14.5 Å². The minimum absolute atomic E-state index is 0.149. The Bertz CT molecular complexity index is 1010. The average Bonchev–Trinajstić information content (AvgIpc) is 2.59. The van der Waals surface area contributed by atoms with Gasteiger partial charge in [0.25, 0.3) is 5.56 Å². The first kappa shape index (κ1) is 16.7. The van der Waals surface area contributed by atoms with Crippen LogP contribution in [-0.4, -0.2) is 20.3 Å². The predicted molar refractivity (Wildman–Crippen MR) is 98.2 cm³/mol. The number of pyridine rings is 1. The number of halogens is 1. The quantitative estimate of drug-likeness (QED) is 0.625. The molecule has 1 aromatic carbocycles. The molecule has 0 aliphatic heterocycles. The van der Waals surface area contributed by atoms with Gasteiger partial charge in [-0.3, -0.25) is 9.36 Å². The van der Waals surface area contributed by atoms with Crippen LogP contribution in [0.25, 0.3) is 11.0 Å². The second-order valence-electron chi connectivity index (χ2n) is 5.07. The Balaban J connectivity index is 2.08. The van der Waals surface area contributed by atoms with Crippen molar-refractivity contribution in [3.8, 4) is 6.07 Å². The molecule has 24 heavy (non-hydrogen) atoms. The van der Waals surface area contributed by atoms with Gasteiger partial charge in [-0.25, -0.2) is 9.97 Å². The molecule has 0 amide bonds. The Labute approximate surface area is 151 Å². The lowest BCUT2D eigenvalue weighted by Gasteiger charge is -2.11. The lowest BCUT2D eigenvalue weighted by molar-refractivity contribution is 0.736. The van der Waals surface area contributed by atoms with Crippen molar-refractivity contribution in [2.24, 2.45) is 0 Å². The summed E-state index contributed by atoms with van der Waals surface area (Å²) >= 11 is 5.02. The van der Waals surface area contributed by atoms with Gasteiger partial charge in [-0.15, -0.1) is 11.8 Å². The van der Waals surface area contributed by atoms with E-state index < -0.39 is 0 Å². The molecule has 0 bridgehead atoms. The van der Waals surface area contributed by atoms with Crippen LogP contribution in [0.1, 0.15) is 18.1 Å². The van der Waals surface area contributed by atoms with E-state index in [1.807, 2.05) is 12.1 Å². The van der Waals surface area contributed by atoms with Crippen molar-refractivity contribution in [2.75, 3.05) is 5.75 Å². The molecule has 0 aliphatic carbocycles. The van der Waals surface area contributed by atoms with Crippen LogP contribution in [0.5, 0.6) is 0 Å². The maximum atomic E-state index is 12.7. The highest BCUT2D eigenvalue weighted by molar-refractivity contribution is 9.10. The van der Waals surface area contributed by atoms with Gasteiger partial charge in [-0.2, -0.15) is 5.26 Å². The first-order valence-corrected chi connectivity index (χ1v) is 9.06. The van der Waals surface area contributed by atoms with Crippen LogP contribution in [0.2, 0.25) is 0 Å². The topological polar surface area (TPSA) is 71.6 Å². The summed E-state index contributed by atoms with van der Waals surface area (Å²) in [7, 11) is 0. The van der Waals surface area contributed by atoms with Crippen LogP contribution in [0.4, 0.5) is 0 Å². The number of rotatable bonds is 4. The molecule has 0 radical (unpaired) electrons. The normalized spacial score (nSPS) is 10.7. The van der Waals surface area contributed by atoms with Crippen LogP contribution in [0.3, 0.4) is 0 Å². The second kappa shape index (κ2) is 7.16. The van der Waals surface area contributed by atoms with Gasteiger partial charge in [-0.1, -0.05) is 6.92 Å². The van der Waals surface area contributed by atoms with Crippen LogP contribution in [-0.2, 0) is 6.54 Å². The third kappa shape index (κ3) is 3.35. The van der Waals surface area contributed by atoms with Crippen molar-refractivity contribution >= 4 is 38.7 Å². The number of thioether (sulfide) groups is 1. The van der Waals surface area contributed by atoms with E-state index in [4.69, 9.17) is 5.26 Å². The molecule has 0 N–H and O–H groups in total. The molecule has 0 atom stereocenters. The fraction of sp³-hybridized carbons (Fsp3) is 0.176. The maximum Gasteiger partial charge on any atom is 0.263 e. The molecule has 0 fully saturated rings. The minimum Gasteiger partial charge on any atom is -0.294 e. The number of hydrogen-bond donors (Lipinski definition) is 0. The molecule has 0 spiro atoms. The number of nitriles is 1. The van der Waals surface area contributed by atoms with Gasteiger partial charge in [0.15, 0.2) is 5.65 Å². The molecule has 0 saturated heterocycles. The zero-order chi connectivity index (χ0) is 17.1. The summed E-state index contributed by atoms with van der Waals surface area (Å²) in [5.41, 5.74) is 1.79. The first-order valence-electron chi connectivity index (χ1n) is 7.29. The number of aromatic nitrogens is 3. The molecule has 0 unspecified atom stereocenters. The SMILES string of the molecule is CCSc1ccc(C#N)cc1Cn1cnc2ncc(Br)cc2c1=O. The summed E-state index contributed by atoms with van der Waals surface area (Å²) < 4.78 is 2.28. The highest BCUT2D eigenvalue weighted by Crippen LogP contribution is 2.24. The predicted octanol–water partition coefficient (Wildman–Crippen LogP) is 3.59. The van der Waals surface area contributed by atoms with Crippen LogP contribution < -0.4 is 5.56 Å². The van der Waals surface area contributed by atoms with Gasteiger partial charge in [0.1, 0.15) is 6.33 Å². The van der Waals surface area contributed by atoms with Gasteiger partial charge < -0.3 is 0 Å². The maximum absolute atomic E-state index is 12.7. The van der Waals surface area contributed by atoms with E-state index in [2.05, 4.69) is 38.9 Å². The largest absolute Gasteiger partial charge is 0.294 e. The standard InChI is InChI=1S/C17H13BrN4OS/c1-2-24-15-4-3-11(7-19)5-12(15)9-22-10-21-16-14(17(22)23)6-13(18)8-20-16/h3-6,8,10H,2,9H2,1H3. The summed E-state index contributed by atoms with van der Waals surface area (Å²) in [5.74, 6) is 0.917. The van der Waals surface area contributed by atoms with E-state index in [-0.39, 0.29) is 5.56 Å². The van der Waals surface area contributed by atoms with E-state index in [1.165, 1.54) is 6.33 Å². The van der Waals surface area contributed by atoms with Gasteiger partial charge >= 0.3 is 0 Å². The molecular formula is C17H13BrN4OS. The molecule has 2 aromatic heterocycles. The molecule has 0 saturated carbocycles. The fourth-order valence-corrected chi connectivity index (χ4v) is 3.50. The van der Waals surface area contributed by atoms with Gasteiger partial charge in [0.05, 0.1) is 23.6 Å². The molecule has 0 aliphatic rings. The third-order valence-corrected chi connectivity index (χ3v) is 4.91. The molecule has 3 rings (SSSR count). The Morgan fingerprint density at radius 2 is 2.17 bits per heavy atom. The Morgan fingerprint density at radius 3 is 2.92 bits per heavy atom. The van der Waals surface area contributed by atoms with Gasteiger partial charge in [0.2, 0.25) is 0 Å². The summed E-state index contributed by atoms with van der Waals surface area (Å²) in [6, 6.07) is 9.42. The third-order valence-electron chi connectivity index (χ3n) is 3.47. The smallest absolute Gasteiger partial charge is 0.263 e. The molecular weight excluding hydrogens is 388 g/mol. The van der Waals surface area contributed by atoms with Gasteiger partial charge in [0, 0.05) is 15.6 Å². The molecule has 5 nitrogen and oxygen atoms in total. The number of nitrogens with zero attached hydrogens (tertiary/aromatic N) is 4. The van der Waals surface area contributed by atoms with Crippen LogP contribution >= 0.6 is 27.7 Å². The highest BCUT2D eigenvalue weighted by Gasteiger charge is 2.10. The van der Waals surface area contributed by atoms with Gasteiger partial charge in [-0.05, 0) is 51.5 Å². The van der Waals surface area contributed by atoms with Crippen molar-refractivity contribution in [3.05, 3.63) is 62.7 Å². The van der Waals surface area contributed by atoms with E-state index >= 15 is 0 Å². The summed E-state index contributed by atoms with van der Waals surface area (Å²) in [6.07, 6.45) is 3.12. The van der Waals surface area contributed by atoms with E-state index in [0.717, 1.165) is 20.7 Å². The lowest BCUT2D eigenvalue weighted by Crippen LogP contribution is -2.21. The van der Waals surface area contributed by atoms with E-state index in [0.29, 0.717) is 23.1 Å². The Hall–Kier alpha value is -2.17. The highest BCUT2D eigenvalue weighted by atomic mass is 79.9. The Kier molecular flexibility index (Phi) is 4.97. The molecule has 7 heteroatoms. The molecule has 120 valence electrons. The number of benzene rings is 1.